The van der Waals surface area contributed by atoms with Crippen LogP contribution in [0.3, 0.4) is 0 Å². The summed E-state index contributed by atoms with van der Waals surface area (Å²) < 4.78 is 10.3. The van der Waals surface area contributed by atoms with Crippen molar-refractivity contribution >= 4 is 69.6 Å². The van der Waals surface area contributed by atoms with Gasteiger partial charge in [0.1, 0.15) is 11.5 Å². The molecule has 5 rings (SSSR count). The number of amides is 4. The molecule has 0 spiro atoms. The molecule has 2 aliphatic rings. The van der Waals surface area contributed by atoms with Crippen LogP contribution in [-0.4, -0.2) is 48.2 Å². The highest BCUT2D eigenvalue weighted by atomic mass is 32.2. The van der Waals surface area contributed by atoms with Gasteiger partial charge in [-0.2, -0.15) is 9.98 Å². The molecule has 0 saturated carbocycles. The first kappa shape index (κ1) is 30.1. The number of nitrogens with one attached hydrogen (secondary N) is 4. The Balaban J connectivity index is 1.16. The first-order valence-corrected chi connectivity index (χ1v) is 14.5. The molecule has 4 amide bonds. The number of ether oxygens (including phenoxy) is 2. The highest BCUT2D eigenvalue weighted by Gasteiger charge is 2.25. The molecule has 44 heavy (non-hydrogen) atoms. The van der Waals surface area contributed by atoms with Crippen LogP contribution in [0.25, 0.3) is 12.2 Å². The van der Waals surface area contributed by atoms with Gasteiger partial charge >= 0.3 is 0 Å². The molecule has 0 unspecified atom stereocenters. The number of nitrogens with zero attached hydrogens (tertiary/aromatic N) is 2. The van der Waals surface area contributed by atoms with Gasteiger partial charge in [0.05, 0.1) is 35.2 Å². The van der Waals surface area contributed by atoms with E-state index in [-0.39, 0.29) is 21.5 Å². The van der Waals surface area contributed by atoms with Crippen molar-refractivity contribution in [3.8, 4) is 11.5 Å². The lowest BCUT2D eigenvalue weighted by Gasteiger charge is -2.12. The molecular weight excluding hydrogens is 605 g/mol. The normalized spacial score (nSPS) is 16.0. The van der Waals surface area contributed by atoms with Crippen molar-refractivity contribution in [1.29, 1.82) is 0 Å². The largest absolute Gasteiger partial charge is 0.497 e. The van der Waals surface area contributed by atoms with E-state index in [1.807, 2.05) is 0 Å². The van der Waals surface area contributed by atoms with Crippen molar-refractivity contribution in [2.24, 2.45) is 9.98 Å². The molecule has 4 N–H and O–H groups in total. The van der Waals surface area contributed by atoms with Crippen molar-refractivity contribution in [3.05, 3.63) is 105 Å². The van der Waals surface area contributed by atoms with Crippen LogP contribution in [0, 0.1) is 0 Å². The Morgan fingerprint density at radius 2 is 1.02 bits per heavy atom. The van der Waals surface area contributed by atoms with Gasteiger partial charge in [-0.1, -0.05) is 36.4 Å². The second kappa shape index (κ2) is 13.8. The third-order valence-corrected chi connectivity index (χ3v) is 7.85. The van der Waals surface area contributed by atoms with Crippen LogP contribution in [0.5, 0.6) is 11.5 Å². The number of amidine groups is 2. The van der Waals surface area contributed by atoms with E-state index in [2.05, 4.69) is 31.7 Å². The van der Waals surface area contributed by atoms with E-state index >= 15 is 0 Å². The highest BCUT2D eigenvalue weighted by Crippen LogP contribution is 2.29. The van der Waals surface area contributed by atoms with Gasteiger partial charge in [-0.3, -0.25) is 40.9 Å². The summed E-state index contributed by atoms with van der Waals surface area (Å²) in [6.45, 7) is 0. The molecule has 0 atom stereocenters. The summed E-state index contributed by atoms with van der Waals surface area (Å²) in [6.07, 6.45) is 3.36. The van der Waals surface area contributed by atoms with Gasteiger partial charge in [0.2, 0.25) is 0 Å². The van der Waals surface area contributed by atoms with Crippen molar-refractivity contribution in [1.82, 2.24) is 21.7 Å². The number of benzene rings is 3. The summed E-state index contributed by atoms with van der Waals surface area (Å²) in [4.78, 5) is 59.2. The van der Waals surface area contributed by atoms with Gasteiger partial charge in [0.25, 0.3) is 23.6 Å². The fourth-order valence-electron chi connectivity index (χ4n) is 3.86. The molecule has 0 saturated heterocycles. The number of aliphatic imine (C=N–C) groups is 2. The average Bonchev–Trinajstić information content (AvgIpc) is 3.59. The Morgan fingerprint density at radius 3 is 1.39 bits per heavy atom. The second-order valence-electron chi connectivity index (χ2n) is 8.92. The Bertz CT molecular complexity index is 1620. The maximum absolute atomic E-state index is 13.0. The van der Waals surface area contributed by atoms with Crippen LogP contribution in [0.4, 0.5) is 0 Å². The highest BCUT2D eigenvalue weighted by molar-refractivity contribution is 8.18. The molecule has 2 aliphatic heterocycles. The second-order valence-corrected chi connectivity index (χ2v) is 11.0. The van der Waals surface area contributed by atoms with E-state index in [4.69, 9.17) is 9.47 Å². The molecule has 222 valence electrons. The average molecular weight is 629 g/mol. The molecule has 0 aliphatic carbocycles. The van der Waals surface area contributed by atoms with Crippen molar-refractivity contribution in [2.45, 2.75) is 0 Å². The van der Waals surface area contributed by atoms with Gasteiger partial charge < -0.3 is 9.47 Å². The van der Waals surface area contributed by atoms with Gasteiger partial charge in [-0.25, -0.2) is 0 Å². The molecule has 0 aromatic heterocycles. The third kappa shape index (κ3) is 7.35. The quantitative estimate of drug-likeness (QED) is 0.235. The molecule has 3 aromatic rings. The molecule has 3 aromatic carbocycles. The van der Waals surface area contributed by atoms with Crippen LogP contribution in [-0.2, 0) is 9.59 Å². The van der Waals surface area contributed by atoms with Crippen LogP contribution in [0.15, 0.2) is 92.6 Å². The van der Waals surface area contributed by atoms with Crippen LogP contribution in [0.1, 0.15) is 31.8 Å². The summed E-state index contributed by atoms with van der Waals surface area (Å²) in [5.41, 5.74) is 11.9. The molecule has 2 heterocycles. The Labute approximate surface area is 260 Å². The number of thioether (sulfide) groups is 2. The number of hydrogen-bond acceptors (Lipinski definition) is 10. The van der Waals surface area contributed by atoms with Gasteiger partial charge in [0.15, 0.2) is 10.3 Å². The fraction of sp³-hybridized carbons (Fsp3) is 0.0667. The predicted octanol–water partition coefficient (Wildman–Crippen LogP) is 3.51. The maximum Gasteiger partial charge on any atom is 0.286 e. The molecule has 0 fully saturated rings. The first-order chi connectivity index (χ1) is 21.3. The number of hydrogen-bond donors (Lipinski definition) is 4. The van der Waals surface area contributed by atoms with E-state index < -0.39 is 23.6 Å². The maximum atomic E-state index is 13.0. The summed E-state index contributed by atoms with van der Waals surface area (Å²) in [7, 11) is 3.14. The third-order valence-electron chi connectivity index (χ3n) is 6.05. The lowest BCUT2D eigenvalue weighted by Crippen LogP contribution is -2.43. The Kier molecular flexibility index (Phi) is 9.42. The number of carbonyl (C=O) groups excluding carboxylic acids is 4. The van der Waals surface area contributed by atoms with Crippen molar-refractivity contribution in [3.63, 3.8) is 0 Å². The van der Waals surface area contributed by atoms with Gasteiger partial charge in [-0.15, -0.1) is 0 Å². The van der Waals surface area contributed by atoms with E-state index in [0.717, 1.165) is 34.7 Å². The van der Waals surface area contributed by atoms with Crippen LogP contribution >= 0.6 is 23.5 Å². The smallest absolute Gasteiger partial charge is 0.286 e. The molecular formula is C30H24N6O6S2. The number of hydrazine groups is 2. The van der Waals surface area contributed by atoms with Crippen molar-refractivity contribution in [2.75, 3.05) is 14.2 Å². The van der Waals surface area contributed by atoms with Crippen molar-refractivity contribution < 1.29 is 28.7 Å². The number of methoxy groups -OCH3 is 2. The van der Waals surface area contributed by atoms with Crippen LogP contribution in [0.2, 0.25) is 0 Å². The topological polar surface area (TPSA) is 160 Å². The lowest BCUT2D eigenvalue weighted by atomic mass is 10.1. The fourth-order valence-corrected chi connectivity index (χ4v) is 5.40. The molecule has 14 heteroatoms. The monoisotopic (exact) mass is 628 g/mol. The summed E-state index contributed by atoms with van der Waals surface area (Å²) in [5, 5.41) is 0.345. The van der Waals surface area contributed by atoms with Crippen LogP contribution < -0.4 is 31.2 Å². The summed E-state index contributed by atoms with van der Waals surface area (Å²) in [6, 6.07) is 20.5. The minimum atomic E-state index is -0.633. The van der Waals surface area contributed by atoms with E-state index in [0.29, 0.717) is 21.3 Å². The number of rotatable bonds is 6. The first-order valence-electron chi connectivity index (χ1n) is 12.9. The minimum absolute atomic E-state index is 0.0559. The predicted molar refractivity (Wildman–Crippen MR) is 170 cm³/mol. The minimum Gasteiger partial charge on any atom is -0.497 e. The zero-order chi connectivity index (χ0) is 31.1. The van der Waals surface area contributed by atoms with E-state index in [1.54, 1.807) is 87.0 Å². The Hall–Kier alpha value is -5.34. The standard InChI is InChI=1S/C30H24N6O6S2/c1-41-19-11-7-17(8-12-19)15-23-27(39)31-29(43-23)35-33-25(37)21-5-3-4-6-22(21)26(38)34-36-30-32-28(40)24(44-30)16-18-9-13-20(42-2)14-10-18/h3-16H,1-2H3,(H,33,37)(H,34,38)(H,31,35,39)(H,32,36,40)/b23-15+,24-16+. The summed E-state index contributed by atoms with van der Waals surface area (Å²) >= 11 is 2.12. The molecule has 12 nitrogen and oxygen atoms in total. The zero-order valence-electron chi connectivity index (χ0n) is 23.2. The SMILES string of the molecule is COc1ccc(/C=C2/SC(NNC(=O)c3ccccc3C(=O)NNC3=NC(=O)/C(=C\c4ccc(OC)cc4)S3)=NC2=O)cc1. The van der Waals surface area contributed by atoms with Gasteiger partial charge in [-0.05, 0) is 83.2 Å². The van der Waals surface area contributed by atoms with E-state index in [9.17, 15) is 19.2 Å². The Morgan fingerprint density at radius 1 is 0.636 bits per heavy atom. The van der Waals surface area contributed by atoms with E-state index in [1.165, 1.54) is 12.1 Å². The number of carbonyl (C=O) groups is 4. The van der Waals surface area contributed by atoms with Gasteiger partial charge in [0, 0.05) is 0 Å². The molecule has 0 bridgehead atoms. The molecule has 0 radical (unpaired) electrons. The summed E-state index contributed by atoms with van der Waals surface area (Å²) in [5.74, 6) is -0.796. The lowest BCUT2D eigenvalue weighted by molar-refractivity contribution is -0.114. The zero-order valence-corrected chi connectivity index (χ0v) is 24.9.